The Morgan fingerprint density at radius 3 is 2.21 bits per heavy atom. The molecule has 1 spiro atoms. The van der Waals surface area contributed by atoms with Gasteiger partial charge in [0.2, 0.25) is 0 Å². The van der Waals surface area contributed by atoms with Crippen molar-refractivity contribution < 1.29 is 14.6 Å². The van der Waals surface area contributed by atoms with E-state index in [2.05, 4.69) is 22.2 Å². The van der Waals surface area contributed by atoms with Gasteiger partial charge in [-0.2, -0.15) is 0 Å². The summed E-state index contributed by atoms with van der Waals surface area (Å²) in [6.07, 6.45) is 0.201. The maximum atomic E-state index is 13.2. The fraction of sp³-hybridized carbons (Fsp3) is 0.632. The maximum absolute atomic E-state index is 13.2. The number of aliphatic hydroxyl groups is 1. The molecule has 2 aliphatic heterocycles. The van der Waals surface area contributed by atoms with Crippen LogP contribution in [0, 0.1) is 20.8 Å². The van der Waals surface area contributed by atoms with E-state index < -0.39 is 17.8 Å². The average molecular weight is 332 g/mol. The van der Waals surface area contributed by atoms with Gasteiger partial charge in [0.15, 0.2) is 12.1 Å². The van der Waals surface area contributed by atoms with E-state index in [1.165, 1.54) is 5.56 Å². The second-order valence-corrected chi connectivity index (χ2v) is 7.46. The Labute approximate surface area is 144 Å². The van der Waals surface area contributed by atoms with Crippen LogP contribution in [0.3, 0.4) is 0 Å². The van der Waals surface area contributed by atoms with Crippen molar-refractivity contribution >= 4 is 5.78 Å². The summed E-state index contributed by atoms with van der Waals surface area (Å²) in [7, 11) is 4.01. The number of piperidine rings is 1. The van der Waals surface area contributed by atoms with Crippen LogP contribution in [0.4, 0.5) is 0 Å². The molecule has 1 N–H and O–H groups in total. The second-order valence-electron chi connectivity index (χ2n) is 7.46. The van der Waals surface area contributed by atoms with Crippen LogP contribution in [-0.4, -0.2) is 60.0 Å². The molecule has 5 heteroatoms. The molecule has 2 aliphatic rings. The molecule has 0 radical (unpaired) electrons. The highest BCUT2D eigenvalue weighted by Crippen LogP contribution is 2.44. The number of carbonyl (C=O) groups is 1. The molecule has 1 aromatic rings. The van der Waals surface area contributed by atoms with E-state index in [0.717, 1.165) is 29.8 Å². The minimum absolute atomic E-state index is 0.0449. The van der Waals surface area contributed by atoms with E-state index in [1.54, 1.807) is 0 Å². The molecule has 2 saturated heterocycles. The number of hydrogen-bond donors (Lipinski definition) is 1. The number of Topliss-reactive ketones (excluding diaryl/α,β-unsaturated/α-hetero) is 1. The molecule has 2 heterocycles. The van der Waals surface area contributed by atoms with Crippen molar-refractivity contribution in [3.05, 3.63) is 34.4 Å². The van der Waals surface area contributed by atoms with Crippen molar-refractivity contribution in [2.24, 2.45) is 0 Å². The first-order valence-electron chi connectivity index (χ1n) is 8.65. The largest absolute Gasteiger partial charge is 0.367 e. The molecule has 0 bridgehead atoms. The third kappa shape index (κ3) is 2.80. The van der Waals surface area contributed by atoms with Crippen molar-refractivity contribution in [2.75, 3.05) is 27.2 Å². The Morgan fingerprint density at radius 2 is 1.71 bits per heavy atom. The normalized spacial score (nSPS) is 27.4. The second kappa shape index (κ2) is 6.23. The van der Waals surface area contributed by atoms with Crippen LogP contribution in [0.2, 0.25) is 0 Å². The van der Waals surface area contributed by atoms with Gasteiger partial charge in [0.25, 0.3) is 0 Å². The summed E-state index contributed by atoms with van der Waals surface area (Å²) in [6, 6.07) is 4.14. The van der Waals surface area contributed by atoms with Crippen molar-refractivity contribution in [3.8, 4) is 0 Å². The molecule has 0 saturated carbocycles. The topological polar surface area (TPSA) is 53.0 Å². The quantitative estimate of drug-likeness (QED) is 0.897. The van der Waals surface area contributed by atoms with Gasteiger partial charge in [-0.15, -0.1) is 0 Å². The van der Waals surface area contributed by atoms with Crippen LogP contribution < -0.4 is 0 Å². The van der Waals surface area contributed by atoms with Gasteiger partial charge in [-0.25, -0.2) is 10.0 Å². The molecule has 2 unspecified atom stereocenters. The van der Waals surface area contributed by atoms with E-state index in [4.69, 9.17) is 4.74 Å². The number of benzene rings is 1. The number of carbonyl (C=O) groups excluding carboxylic acids is 1. The van der Waals surface area contributed by atoms with E-state index in [0.29, 0.717) is 12.8 Å². The van der Waals surface area contributed by atoms with Crippen molar-refractivity contribution in [3.63, 3.8) is 0 Å². The smallest absolute Gasteiger partial charge is 0.177 e. The van der Waals surface area contributed by atoms with Gasteiger partial charge in [0, 0.05) is 27.2 Å². The fourth-order valence-corrected chi connectivity index (χ4v) is 4.35. The van der Waals surface area contributed by atoms with Gasteiger partial charge in [-0.3, -0.25) is 4.79 Å². The monoisotopic (exact) mass is 332 g/mol. The zero-order valence-electron chi connectivity index (χ0n) is 15.3. The molecule has 3 rings (SSSR count). The number of aliphatic hydroxyl groups excluding tert-OH is 1. The Kier molecular flexibility index (Phi) is 4.55. The highest BCUT2D eigenvalue weighted by molar-refractivity contribution is 5.96. The lowest BCUT2D eigenvalue weighted by Crippen LogP contribution is -2.52. The van der Waals surface area contributed by atoms with Crippen molar-refractivity contribution in [1.29, 1.82) is 0 Å². The lowest BCUT2D eigenvalue weighted by atomic mass is 9.79. The van der Waals surface area contributed by atoms with Gasteiger partial charge in [0.1, 0.15) is 5.60 Å². The number of hydrazine groups is 1. The summed E-state index contributed by atoms with van der Waals surface area (Å²) in [5.41, 5.74) is 3.38. The minimum atomic E-state index is -1.05. The van der Waals surface area contributed by atoms with Crippen LogP contribution in [0.5, 0.6) is 0 Å². The summed E-state index contributed by atoms with van der Waals surface area (Å²) < 4.78 is 5.90. The molecule has 0 amide bonds. The van der Waals surface area contributed by atoms with Gasteiger partial charge >= 0.3 is 0 Å². The Morgan fingerprint density at radius 1 is 1.17 bits per heavy atom. The van der Waals surface area contributed by atoms with Gasteiger partial charge in [-0.05, 0) is 50.3 Å². The van der Waals surface area contributed by atoms with Gasteiger partial charge in [-0.1, -0.05) is 17.7 Å². The van der Waals surface area contributed by atoms with E-state index in [9.17, 15) is 9.90 Å². The maximum Gasteiger partial charge on any atom is 0.177 e. The predicted octanol–water partition coefficient (Wildman–Crippen LogP) is 1.92. The van der Waals surface area contributed by atoms with E-state index >= 15 is 0 Å². The molecule has 0 aliphatic carbocycles. The fourth-order valence-electron chi connectivity index (χ4n) is 4.35. The number of hydrogen-bond acceptors (Lipinski definition) is 5. The summed E-state index contributed by atoms with van der Waals surface area (Å²) in [5.74, 6) is -0.528. The number of ether oxygens (including phenoxy) is 1. The molecule has 132 valence electrons. The molecule has 0 aromatic heterocycles. The number of rotatable bonds is 2. The summed E-state index contributed by atoms with van der Waals surface area (Å²) >= 11 is 0. The third-order valence-electron chi connectivity index (χ3n) is 5.53. The Balaban J connectivity index is 1.90. The standard InChI is InChI=1S/C19H28N2O3/c1-12-10-13(2)15(14(3)11-12)16-17(22)19(24-18(16)23)6-8-21(9-7-19)20(4)5/h10-11,16,18,23H,6-9H2,1-5H3. The minimum Gasteiger partial charge on any atom is -0.367 e. The van der Waals surface area contributed by atoms with Gasteiger partial charge < -0.3 is 9.84 Å². The number of nitrogens with zero attached hydrogens (tertiary/aromatic N) is 2. The van der Waals surface area contributed by atoms with E-state index in [1.807, 2.05) is 34.9 Å². The number of aryl methyl sites for hydroxylation is 3. The SMILES string of the molecule is Cc1cc(C)c(C2C(=O)C3(CCN(N(C)C)CC3)OC2O)c(C)c1. The van der Waals surface area contributed by atoms with Crippen LogP contribution >= 0.6 is 0 Å². The average Bonchev–Trinajstić information content (AvgIpc) is 2.71. The molecule has 2 atom stereocenters. The predicted molar refractivity (Wildman–Crippen MR) is 92.7 cm³/mol. The first-order chi connectivity index (χ1) is 11.2. The molecule has 1 aromatic carbocycles. The lowest BCUT2D eigenvalue weighted by Gasteiger charge is -2.40. The van der Waals surface area contributed by atoms with Crippen LogP contribution in [-0.2, 0) is 9.53 Å². The first-order valence-corrected chi connectivity index (χ1v) is 8.65. The molecular weight excluding hydrogens is 304 g/mol. The molecular formula is C19H28N2O3. The van der Waals surface area contributed by atoms with E-state index in [-0.39, 0.29) is 5.78 Å². The Bertz CT molecular complexity index is 625. The highest BCUT2D eigenvalue weighted by Gasteiger charge is 2.56. The first kappa shape index (κ1) is 17.5. The lowest BCUT2D eigenvalue weighted by molar-refractivity contribution is -0.173. The zero-order valence-corrected chi connectivity index (χ0v) is 15.3. The van der Waals surface area contributed by atoms with Crippen LogP contribution in [0.1, 0.15) is 41.0 Å². The summed E-state index contributed by atoms with van der Waals surface area (Å²) in [4.78, 5) is 13.2. The van der Waals surface area contributed by atoms with Crippen molar-refractivity contribution in [2.45, 2.75) is 51.4 Å². The highest BCUT2D eigenvalue weighted by atomic mass is 16.6. The van der Waals surface area contributed by atoms with Crippen LogP contribution in [0.25, 0.3) is 0 Å². The van der Waals surface area contributed by atoms with Gasteiger partial charge in [0.05, 0.1) is 5.92 Å². The number of ketones is 1. The van der Waals surface area contributed by atoms with Crippen LogP contribution in [0.15, 0.2) is 12.1 Å². The molecule has 2 fully saturated rings. The Hall–Kier alpha value is -1.27. The zero-order chi connectivity index (χ0) is 17.6. The van der Waals surface area contributed by atoms with Crippen molar-refractivity contribution in [1.82, 2.24) is 10.0 Å². The summed E-state index contributed by atoms with van der Waals surface area (Å²) in [6.45, 7) is 7.60. The summed E-state index contributed by atoms with van der Waals surface area (Å²) in [5, 5.41) is 14.8. The molecule has 5 nitrogen and oxygen atoms in total. The third-order valence-corrected chi connectivity index (χ3v) is 5.53. The molecule has 24 heavy (non-hydrogen) atoms.